The van der Waals surface area contributed by atoms with Crippen molar-refractivity contribution in [1.82, 2.24) is 5.32 Å². The molecule has 426 valence electrons. The first-order valence-corrected chi connectivity index (χ1v) is 30.6. The third-order valence-electron chi connectivity index (χ3n) is 15.8. The lowest BCUT2D eigenvalue weighted by atomic mass is 9.92. The van der Waals surface area contributed by atoms with Gasteiger partial charge in [0.15, 0.2) is 17.3 Å². The van der Waals surface area contributed by atoms with Crippen LogP contribution in [0.5, 0.6) is 17.2 Å². The molecule has 5 aromatic carbocycles. The number of fused-ring (bicyclic) bond motifs is 8. The average Bonchev–Trinajstić information content (AvgIpc) is 4.15. The van der Waals surface area contributed by atoms with Crippen molar-refractivity contribution in [2.45, 2.75) is 149 Å². The molecule has 14 nitrogen and oxygen atoms in total. The Kier molecular flexibility index (Phi) is 18.5. The van der Waals surface area contributed by atoms with Gasteiger partial charge in [-0.3, -0.25) is 28.8 Å². The molecule has 0 saturated carbocycles. The number of carbonyl (C=O) groups is 6. The molecule has 4 atom stereocenters. The maximum absolute atomic E-state index is 14.2. The van der Waals surface area contributed by atoms with E-state index in [1.807, 2.05) is 122 Å². The van der Waals surface area contributed by atoms with Gasteiger partial charge in [-0.25, -0.2) is 0 Å². The normalized spacial score (nSPS) is 16.8. The summed E-state index contributed by atoms with van der Waals surface area (Å²) in [7, 11) is 6.88. The summed E-state index contributed by atoms with van der Waals surface area (Å²) in [4.78, 5) is 85.4. The van der Waals surface area contributed by atoms with Gasteiger partial charge in [-0.05, 0) is 147 Å². The Morgan fingerprint density at radius 1 is 0.802 bits per heavy atom. The number of hydrogen-bond acceptors (Lipinski definition) is 11. The second kappa shape index (κ2) is 25.5. The Morgan fingerprint density at radius 3 is 2.16 bits per heavy atom. The number of ketones is 2. The molecule has 9 rings (SSSR count). The van der Waals surface area contributed by atoms with Gasteiger partial charge in [0.1, 0.15) is 31.8 Å². The monoisotopic (exact) mass is 1130 g/mol. The number of amides is 4. The first kappa shape index (κ1) is 58.7. The highest BCUT2D eigenvalue weighted by molar-refractivity contribution is 8.77. The van der Waals surface area contributed by atoms with E-state index in [0.717, 1.165) is 58.6 Å². The van der Waals surface area contributed by atoms with Crippen molar-refractivity contribution in [3.05, 3.63) is 136 Å². The summed E-state index contributed by atoms with van der Waals surface area (Å²) >= 11 is 0. The second-order valence-electron chi connectivity index (χ2n) is 22.8. The number of carbonyl (C=O) groups excluding carboxylic acids is 6. The largest absolute Gasteiger partial charge is 0.493 e. The van der Waals surface area contributed by atoms with Gasteiger partial charge >= 0.3 is 0 Å². The van der Waals surface area contributed by atoms with Crippen LogP contribution in [0, 0.1) is 18.8 Å². The number of aryl methyl sites for hydroxylation is 2. The predicted molar refractivity (Wildman–Crippen MR) is 322 cm³/mol. The molecule has 4 aliphatic heterocycles. The minimum Gasteiger partial charge on any atom is -0.493 e. The van der Waals surface area contributed by atoms with Crippen molar-refractivity contribution >= 4 is 85.7 Å². The van der Waals surface area contributed by atoms with Crippen molar-refractivity contribution in [1.29, 1.82) is 0 Å². The van der Waals surface area contributed by atoms with E-state index in [4.69, 9.17) is 14.2 Å². The lowest BCUT2D eigenvalue weighted by Gasteiger charge is -2.25. The first-order chi connectivity index (χ1) is 38.8. The minimum absolute atomic E-state index is 0.0587. The maximum Gasteiger partial charge on any atom is 0.258 e. The molecule has 0 bridgehead atoms. The first-order valence-electron chi connectivity index (χ1n) is 28.3. The van der Waals surface area contributed by atoms with Crippen LogP contribution in [0.25, 0.3) is 0 Å². The van der Waals surface area contributed by atoms with E-state index in [9.17, 15) is 28.8 Å². The van der Waals surface area contributed by atoms with Gasteiger partial charge in [0, 0.05) is 88.6 Å². The number of benzene rings is 5. The van der Waals surface area contributed by atoms with Crippen LogP contribution in [0.2, 0.25) is 0 Å². The molecular formula is C65H75N5O9S2. The van der Waals surface area contributed by atoms with Crippen molar-refractivity contribution in [2.75, 3.05) is 35.0 Å². The highest BCUT2D eigenvalue weighted by atomic mass is 33.1. The fourth-order valence-electron chi connectivity index (χ4n) is 11.3. The lowest BCUT2D eigenvalue weighted by Crippen LogP contribution is -2.45. The summed E-state index contributed by atoms with van der Waals surface area (Å²) in [5.41, 5.74) is 9.48. The average molecular weight is 1130 g/mol. The molecule has 0 spiro atoms. The molecule has 4 heterocycles. The van der Waals surface area contributed by atoms with Gasteiger partial charge < -0.3 is 39.2 Å². The van der Waals surface area contributed by atoms with Crippen LogP contribution >= 0.6 is 21.6 Å². The quantitative estimate of drug-likeness (QED) is 0.0262. The highest BCUT2D eigenvalue weighted by Crippen LogP contribution is 2.43. The van der Waals surface area contributed by atoms with E-state index in [1.165, 1.54) is 5.56 Å². The fraction of sp³-hybridized carbons (Fsp3) is 0.431. The molecule has 0 aliphatic carbocycles. The summed E-state index contributed by atoms with van der Waals surface area (Å²) < 4.78 is 20.7. The van der Waals surface area contributed by atoms with Crippen LogP contribution in [0.3, 0.4) is 0 Å². The Balaban J connectivity index is 0.908. The number of rotatable bonds is 24. The number of methoxy groups -OCH3 is 1. The summed E-state index contributed by atoms with van der Waals surface area (Å²) in [6, 6.07) is 28.1. The smallest absolute Gasteiger partial charge is 0.258 e. The standard InChI is InChI=1S/C65H75N5O9S2/c1-10-50(71)18-15-25-80-81-65(6,7)24-23-60(73)67-61(39(2)3)56(72)27-41(5)62(74)66-47-29-42(37-78-57-35-55-52(26-40(57)4)64(76)70-49(36-68(55)8)32-46-17-12-14-20-54(46)70)28-43(30-47)38-79-59-33-44-21-22-48-31-45-16-11-13-19-53(45)69(48)63(75)51(44)34-58(59)77-9/h11-14,16-17,19-20,26,28-30,33-35,39,41,48-49,61H,10,15,18,21-25,27,31-32,37-38H2,1-9H3,(H,66,74)(H,67,73)/t41-,48-,49+,61+/m1/s1. The van der Waals surface area contributed by atoms with Crippen molar-refractivity contribution in [3.63, 3.8) is 0 Å². The van der Waals surface area contributed by atoms with Gasteiger partial charge in [0.2, 0.25) is 17.7 Å². The molecule has 0 saturated heterocycles. The molecule has 0 unspecified atom stereocenters. The van der Waals surface area contributed by atoms with Crippen LogP contribution in [0.1, 0.15) is 141 Å². The number of ether oxygens (including phenoxy) is 3. The molecule has 4 aliphatic rings. The Hall–Kier alpha value is -6.91. The molecule has 0 fully saturated rings. The molecule has 0 aromatic heterocycles. The third-order valence-corrected chi connectivity index (χ3v) is 19.2. The van der Waals surface area contributed by atoms with Crippen LogP contribution in [-0.4, -0.2) is 88.8 Å². The van der Waals surface area contributed by atoms with Gasteiger partial charge in [0.05, 0.1) is 18.8 Å². The topological polar surface area (TPSA) is 164 Å². The zero-order valence-electron chi connectivity index (χ0n) is 48.1. The molecule has 4 amide bonds. The van der Waals surface area contributed by atoms with E-state index in [0.29, 0.717) is 77.4 Å². The lowest BCUT2D eigenvalue weighted by molar-refractivity contribution is -0.401. The van der Waals surface area contributed by atoms with Crippen molar-refractivity contribution in [2.24, 2.45) is 11.8 Å². The van der Waals surface area contributed by atoms with Gasteiger partial charge in [-0.15, -0.1) is 0 Å². The predicted octanol–water partition coefficient (Wildman–Crippen LogP) is 11.9. The minimum atomic E-state index is -0.769. The van der Waals surface area contributed by atoms with Gasteiger partial charge in [0.25, 0.3) is 5.91 Å². The van der Waals surface area contributed by atoms with E-state index in [1.54, 1.807) is 41.7 Å². The summed E-state index contributed by atoms with van der Waals surface area (Å²) in [6.45, 7) is 13.6. The molecule has 0 radical (unpaired) electrons. The van der Waals surface area contributed by atoms with Crippen molar-refractivity contribution < 1.29 is 47.6 Å². The molecule has 2 N–H and O–H groups in total. The summed E-state index contributed by atoms with van der Waals surface area (Å²) in [5.74, 6) is 0.674. The van der Waals surface area contributed by atoms with E-state index < -0.39 is 12.0 Å². The van der Waals surface area contributed by atoms with Crippen LogP contribution in [-0.2, 0) is 51.7 Å². The second-order valence-corrected chi connectivity index (χ2v) is 26.0. The Morgan fingerprint density at radius 2 is 1.47 bits per heavy atom. The molecule has 81 heavy (non-hydrogen) atoms. The number of hydrogen-bond donors (Lipinski definition) is 2. The zero-order valence-corrected chi connectivity index (χ0v) is 49.7. The number of Topliss-reactive ketones (excluding diaryl/α,β-unsaturated/α-hetero) is 2. The number of para-hydroxylation sites is 2. The van der Waals surface area contributed by atoms with Crippen LogP contribution in [0.15, 0.2) is 91.0 Å². The SMILES string of the molecule is CCC(=O)CCCSSC(C)(C)CCC(=O)N[C@H](C(=O)C[C@@H](C)C(=O)Nc1cc(COc2cc3c(cc2C)C(=O)N2c4ccccc4C[C@H]2[C-]=[N+]3C)cc(COc2cc3c(cc2OC)C(=O)N2c4ccccc4C[C@H]2CC3)c1)C(C)C. The fourth-order valence-corrected chi connectivity index (χ4v) is 13.9. The van der Waals surface area contributed by atoms with E-state index in [-0.39, 0.29) is 84.0 Å². The van der Waals surface area contributed by atoms with Crippen molar-refractivity contribution in [3.8, 4) is 17.2 Å². The highest BCUT2D eigenvalue weighted by Gasteiger charge is 2.39. The summed E-state index contributed by atoms with van der Waals surface area (Å²) in [6.07, 6.45) is 9.20. The van der Waals surface area contributed by atoms with E-state index >= 15 is 0 Å². The summed E-state index contributed by atoms with van der Waals surface area (Å²) in [5, 5.41) is 6.04. The Bertz CT molecular complexity index is 3280. The molecular weight excluding hydrogens is 1060 g/mol. The third kappa shape index (κ3) is 13.6. The van der Waals surface area contributed by atoms with Crippen LogP contribution < -0.4 is 34.6 Å². The van der Waals surface area contributed by atoms with Crippen LogP contribution in [0.4, 0.5) is 22.7 Å². The van der Waals surface area contributed by atoms with E-state index in [2.05, 4.69) is 42.8 Å². The molecule has 5 aromatic rings. The maximum atomic E-state index is 14.2. The number of nitrogens with one attached hydrogen (secondary N) is 2. The zero-order chi connectivity index (χ0) is 57.7. The van der Waals surface area contributed by atoms with Gasteiger partial charge in [-0.2, -0.15) is 0 Å². The Labute approximate surface area is 484 Å². The number of nitrogens with zero attached hydrogens (tertiary/aromatic N) is 3. The van der Waals surface area contributed by atoms with Gasteiger partial charge in [-0.1, -0.05) is 91.7 Å². The molecule has 16 heteroatoms. The number of anilines is 3.